The first-order chi connectivity index (χ1) is 8.99. The number of nitrogens with two attached hydrogens (primary N) is 1. The molecule has 0 saturated carbocycles. The maximum Gasteiger partial charge on any atom is 0.239 e. The summed E-state index contributed by atoms with van der Waals surface area (Å²) in [5.41, 5.74) is 6.75. The number of nitrogens with zero attached hydrogens (tertiary/aromatic N) is 3. The molecule has 0 fully saturated rings. The van der Waals surface area contributed by atoms with Gasteiger partial charge in [-0.05, 0) is 27.2 Å². The summed E-state index contributed by atoms with van der Waals surface area (Å²) in [7, 11) is 0. The lowest BCUT2D eigenvalue weighted by Gasteiger charge is -2.24. The number of carbonyl (C=O) groups is 1. The second-order valence-electron chi connectivity index (χ2n) is 4.65. The molecule has 0 aromatic carbocycles. The molecule has 0 saturated heterocycles. The minimum atomic E-state index is -0.0175. The Morgan fingerprint density at radius 2 is 2.11 bits per heavy atom. The van der Waals surface area contributed by atoms with Gasteiger partial charge in [0.15, 0.2) is 0 Å². The van der Waals surface area contributed by atoms with Gasteiger partial charge in [0.05, 0.1) is 6.54 Å². The summed E-state index contributed by atoms with van der Waals surface area (Å²) >= 11 is 0. The van der Waals surface area contributed by atoms with E-state index in [4.69, 9.17) is 5.73 Å². The van der Waals surface area contributed by atoms with Gasteiger partial charge in [-0.1, -0.05) is 6.92 Å². The molecule has 1 heterocycles. The second-order valence-corrected chi connectivity index (χ2v) is 4.65. The van der Waals surface area contributed by atoms with Crippen LogP contribution in [0.1, 0.15) is 33.3 Å². The van der Waals surface area contributed by atoms with Crippen LogP contribution in [0.3, 0.4) is 0 Å². The van der Waals surface area contributed by atoms with E-state index in [-0.39, 0.29) is 18.5 Å². The average molecular weight is 265 g/mol. The lowest BCUT2D eigenvalue weighted by atomic mass is 10.2. The summed E-state index contributed by atoms with van der Waals surface area (Å²) in [5, 5.41) is 2.87. The van der Waals surface area contributed by atoms with E-state index in [1.165, 1.54) is 6.33 Å². The van der Waals surface area contributed by atoms with Crippen LogP contribution >= 0.6 is 0 Å². The van der Waals surface area contributed by atoms with E-state index in [0.29, 0.717) is 12.4 Å². The van der Waals surface area contributed by atoms with Crippen LogP contribution in [0.2, 0.25) is 0 Å². The van der Waals surface area contributed by atoms with Crippen molar-refractivity contribution in [1.82, 2.24) is 15.3 Å². The number of carbonyl (C=O) groups excluding carboxylic acids is 1. The van der Waals surface area contributed by atoms with Gasteiger partial charge in [0.1, 0.15) is 18.0 Å². The first-order valence-corrected chi connectivity index (χ1v) is 6.63. The lowest BCUT2D eigenvalue weighted by Crippen LogP contribution is -2.40. The van der Waals surface area contributed by atoms with Gasteiger partial charge < -0.3 is 16.0 Å². The standard InChI is InChI=1S/C13H23N5O/c1-5-10-12(14)15-8-16-13(10)18(6-2)7-11(19)17-9(3)4/h8-9H,5-7H2,1-4H3,(H,17,19)(H2,14,15,16). The number of amides is 1. The molecule has 6 heteroatoms. The third-order valence-corrected chi connectivity index (χ3v) is 2.77. The molecule has 0 spiro atoms. The average Bonchev–Trinajstić information content (AvgIpc) is 2.34. The summed E-state index contributed by atoms with van der Waals surface area (Å²) < 4.78 is 0. The first-order valence-electron chi connectivity index (χ1n) is 6.63. The van der Waals surface area contributed by atoms with Crippen molar-refractivity contribution in [3.63, 3.8) is 0 Å². The van der Waals surface area contributed by atoms with Crippen molar-refractivity contribution in [3.05, 3.63) is 11.9 Å². The predicted molar refractivity (Wildman–Crippen MR) is 77.0 cm³/mol. The molecule has 106 valence electrons. The van der Waals surface area contributed by atoms with Crippen LogP contribution in [0.5, 0.6) is 0 Å². The zero-order valence-corrected chi connectivity index (χ0v) is 12.1. The number of likely N-dealkylation sites (N-methyl/N-ethyl adjacent to an activating group) is 1. The largest absolute Gasteiger partial charge is 0.383 e. The molecule has 0 unspecified atom stereocenters. The SMILES string of the molecule is CCc1c(N)ncnc1N(CC)CC(=O)NC(C)C. The molecule has 19 heavy (non-hydrogen) atoms. The van der Waals surface area contributed by atoms with Crippen LogP contribution in [0.4, 0.5) is 11.6 Å². The molecule has 1 aromatic rings. The van der Waals surface area contributed by atoms with E-state index in [0.717, 1.165) is 17.8 Å². The third-order valence-electron chi connectivity index (χ3n) is 2.77. The van der Waals surface area contributed by atoms with Crippen molar-refractivity contribution in [3.8, 4) is 0 Å². The smallest absolute Gasteiger partial charge is 0.239 e. The zero-order valence-electron chi connectivity index (χ0n) is 12.1. The van der Waals surface area contributed by atoms with Gasteiger partial charge in [0.2, 0.25) is 5.91 Å². The van der Waals surface area contributed by atoms with Crippen LogP contribution in [-0.4, -0.2) is 35.0 Å². The molecule has 0 radical (unpaired) electrons. The maximum atomic E-state index is 11.9. The molecule has 3 N–H and O–H groups in total. The normalized spacial score (nSPS) is 10.6. The highest BCUT2D eigenvalue weighted by Gasteiger charge is 2.16. The number of aromatic nitrogens is 2. The summed E-state index contributed by atoms with van der Waals surface area (Å²) in [5.74, 6) is 1.21. The number of rotatable bonds is 6. The molecule has 1 amide bonds. The fourth-order valence-corrected chi connectivity index (χ4v) is 1.91. The highest BCUT2D eigenvalue weighted by molar-refractivity contribution is 5.81. The first kappa shape index (κ1) is 15.2. The van der Waals surface area contributed by atoms with Crippen molar-refractivity contribution in [2.24, 2.45) is 0 Å². The Bertz CT molecular complexity index is 433. The van der Waals surface area contributed by atoms with Crippen LogP contribution in [0, 0.1) is 0 Å². The van der Waals surface area contributed by atoms with Crippen molar-refractivity contribution in [2.45, 2.75) is 40.2 Å². The van der Waals surface area contributed by atoms with Gasteiger partial charge in [-0.3, -0.25) is 4.79 Å². The summed E-state index contributed by atoms with van der Waals surface area (Å²) in [6, 6.07) is 0.132. The Morgan fingerprint density at radius 3 is 2.63 bits per heavy atom. The molecule has 0 aliphatic heterocycles. The van der Waals surface area contributed by atoms with Gasteiger partial charge in [0, 0.05) is 18.2 Å². The second kappa shape index (κ2) is 6.92. The van der Waals surface area contributed by atoms with Crippen molar-refractivity contribution < 1.29 is 4.79 Å². The molecular weight excluding hydrogens is 242 g/mol. The van der Waals surface area contributed by atoms with Crippen molar-refractivity contribution in [1.29, 1.82) is 0 Å². The van der Waals surface area contributed by atoms with E-state index >= 15 is 0 Å². The Hall–Kier alpha value is -1.85. The van der Waals surface area contributed by atoms with Gasteiger partial charge in [-0.25, -0.2) is 9.97 Å². The van der Waals surface area contributed by atoms with E-state index in [1.54, 1.807) is 0 Å². The summed E-state index contributed by atoms with van der Waals surface area (Å²) in [6.45, 7) is 8.83. The highest BCUT2D eigenvalue weighted by Crippen LogP contribution is 2.21. The van der Waals surface area contributed by atoms with E-state index in [1.807, 2.05) is 32.6 Å². The minimum absolute atomic E-state index is 0.0175. The fourth-order valence-electron chi connectivity index (χ4n) is 1.91. The minimum Gasteiger partial charge on any atom is -0.383 e. The molecule has 1 aromatic heterocycles. The van der Waals surface area contributed by atoms with Gasteiger partial charge in [0.25, 0.3) is 0 Å². The molecule has 1 rings (SSSR count). The number of hydrogen-bond acceptors (Lipinski definition) is 5. The highest BCUT2D eigenvalue weighted by atomic mass is 16.2. The number of nitrogens with one attached hydrogen (secondary N) is 1. The number of nitrogen functional groups attached to an aromatic ring is 1. The van der Waals surface area contributed by atoms with Crippen LogP contribution < -0.4 is 16.0 Å². The van der Waals surface area contributed by atoms with Crippen LogP contribution in [0.25, 0.3) is 0 Å². The lowest BCUT2D eigenvalue weighted by molar-refractivity contribution is -0.120. The predicted octanol–water partition coefficient (Wildman–Crippen LogP) is 0.972. The topological polar surface area (TPSA) is 84.1 Å². The molecule has 0 atom stereocenters. The van der Waals surface area contributed by atoms with Gasteiger partial charge in [-0.2, -0.15) is 0 Å². The third kappa shape index (κ3) is 4.08. The molecule has 6 nitrogen and oxygen atoms in total. The van der Waals surface area contributed by atoms with E-state index < -0.39 is 0 Å². The Balaban J connectivity index is 2.91. The number of anilines is 2. The Kier molecular flexibility index (Phi) is 5.54. The van der Waals surface area contributed by atoms with Crippen molar-refractivity contribution >= 4 is 17.5 Å². The van der Waals surface area contributed by atoms with Crippen molar-refractivity contribution in [2.75, 3.05) is 23.7 Å². The fraction of sp³-hybridized carbons (Fsp3) is 0.615. The van der Waals surface area contributed by atoms with E-state index in [2.05, 4.69) is 15.3 Å². The van der Waals surface area contributed by atoms with Gasteiger partial charge >= 0.3 is 0 Å². The molecule has 0 bridgehead atoms. The zero-order chi connectivity index (χ0) is 14.4. The number of hydrogen-bond donors (Lipinski definition) is 2. The van der Waals surface area contributed by atoms with Crippen LogP contribution in [0.15, 0.2) is 6.33 Å². The van der Waals surface area contributed by atoms with Gasteiger partial charge in [-0.15, -0.1) is 0 Å². The summed E-state index contributed by atoms with van der Waals surface area (Å²) in [6.07, 6.45) is 2.18. The monoisotopic (exact) mass is 265 g/mol. The Labute approximate surface area is 114 Å². The quantitative estimate of drug-likeness (QED) is 0.800. The van der Waals surface area contributed by atoms with Crippen LogP contribution in [-0.2, 0) is 11.2 Å². The maximum absolute atomic E-state index is 11.9. The Morgan fingerprint density at radius 1 is 1.42 bits per heavy atom. The van der Waals surface area contributed by atoms with E-state index in [9.17, 15) is 4.79 Å². The molecule has 0 aliphatic rings. The summed E-state index contributed by atoms with van der Waals surface area (Å²) in [4.78, 5) is 22.0. The molecular formula is C13H23N5O. The molecule has 0 aliphatic carbocycles.